The van der Waals surface area contributed by atoms with E-state index in [1.54, 1.807) is 0 Å². The van der Waals surface area contributed by atoms with Gasteiger partial charge in [0.2, 0.25) is 0 Å². The number of rotatable bonds is 4. The molecule has 0 amide bonds. The fraction of sp³-hybridized carbons (Fsp3) is 0.727. The molecule has 0 aliphatic heterocycles. The minimum Gasteiger partial charge on any atom is -0.332 e. The van der Waals surface area contributed by atoms with Crippen LogP contribution in [0.1, 0.15) is 50.2 Å². The van der Waals surface area contributed by atoms with Crippen LogP contribution in [-0.4, -0.2) is 16.6 Å². The van der Waals surface area contributed by atoms with Gasteiger partial charge in [-0.3, -0.25) is 0 Å². The lowest BCUT2D eigenvalue weighted by atomic mass is 10.3. The van der Waals surface area contributed by atoms with Gasteiger partial charge >= 0.3 is 0 Å². The maximum Gasteiger partial charge on any atom is 0.112 e. The highest BCUT2D eigenvalue weighted by atomic mass is 15.1. The van der Waals surface area contributed by atoms with Gasteiger partial charge < -0.3 is 9.88 Å². The van der Waals surface area contributed by atoms with E-state index in [-0.39, 0.29) is 0 Å². The summed E-state index contributed by atoms with van der Waals surface area (Å²) in [6, 6.07) is 0.531. The standard InChI is InChI=1S/C11H19N3/c1-8(2)14-7-10(6-12-3)13-11(14)9-4-5-9/h7-9,12H,4-6H2,1-3H3. The van der Waals surface area contributed by atoms with Crippen LogP contribution in [0.3, 0.4) is 0 Å². The average Bonchev–Trinajstić information content (AvgIpc) is 2.88. The molecule has 1 aliphatic carbocycles. The largest absolute Gasteiger partial charge is 0.332 e. The molecule has 0 radical (unpaired) electrons. The van der Waals surface area contributed by atoms with Crippen LogP contribution >= 0.6 is 0 Å². The molecule has 0 bridgehead atoms. The van der Waals surface area contributed by atoms with E-state index >= 15 is 0 Å². The zero-order valence-electron chi connectivity index (χ0n) is 9.25. The third-order valence-corrected chi connectivity index (χ3v) is 2.67. The number of hydrogen-bond acceptors (Lipinski definition) is 2. The Labute approximate surface area is 85.5 Å². The molecule has 0 atom stereocenters. The van der Waals surface area contributed by atoms with Crippen LogP contribution in [0.25, 0.3) is 0 Å². The summed E-state index contributed by atoms with van der Waals surface area (Å²) in [5, 5.41) is 3.15. The van der Waals surface area contributed by atoms with E-state index in [1.165, 1.54) is 24.4 Å². The van der Waals surface area contributed by atoms with Gasteiger partial charge in [-0.05, 0) is 33.7 Å². The number of hydrogen-bond donors (Lipinski definition) is 1. The summed E-state index contributed by atoms with van der Waals surface area (Å²) in [5.74, 6) is 2.04. The van der Waals surface area contributed by atoms with E-state index in [4.69, 9.17) is 0 Å². The molecule has 0 spiro atoms. The molecule has 14 heavy (non-hydrogen) atoms. The summed E-state index contributed by atoms with van der Waals surface area (Å²) in [5.41, 5.74) is 1.17. The number of imidazole rings is 1. The molecule has 1 N–H and O–H groups in total. The van der Waals surface area contributed by atoms with E-state index in [0.29, 0.717) is 6.04 Å². The van der Waals surface area contributed by atoms with E-state index < -0.39 is 0 Å². The first-order valence-electron chi connectivity index (χ1n) is 5.44. The SMILES string of the molecule is CNCc1cn(C(C)C)c(C2CC2)n1. The monoisotopic (exact) mass is 193 g/mol. The van der Waals surface area contributed by atoms with Crippen LogP contribution in [-0.2, 0) is 6.54 Å². The number of nitrogens with zero attached hydrogens (tertiary/aromatic N) is 2. The quantitative estimate of drug-likeness (QED) is 0.793. The summed E-state index contributed by atoms with van der Waals surface area (Å²) in [6.45, 7) is 5.31. The Bertz CT molecular complexity index is 291. The molecule has 1 aromatic rings. The summed E-state index contributed by atoms with van der Waals surface area (Å²) in [4.78, 5) is 4.68. The first-order valence-corrected chi connectivity index (χ1v) is 5.44. The van der Waals surface area contributed by atoms with Crippen molar-refractivity contribution >= 4 is 0 Å². The summed E-state index contributed by atoms with van der Waals surface area (Å²) < 4.78 is 2.32. The lowest BCUT2D eigenvalue weighted by Crippen LogP contribution is -2.05. The smallest absolute Gasteiger partial charge is 0.112 e. The molecule has 3 heteroatoms. The molecular formula is C11H19N3. The molecule has 1 fully saturated rings. The van der Waals surface area contributed by atoms with Gasteiger partial charge in [0.05, 0.1) is 5.69 Å². The predicted octanol–water partition coefficient (Wildman–Crippen LogP) is 2.06. The fourth-order valence-electron chi connectivity index (χ4n) is 1.78. The van der Waals surface area contributed by atoms with E-state index in [1.807, 2.05) is 7.05 Å². The first kappa shape index (κ1) is 9.71. The van der Waals surface area contributed by atoms with Gasteiger partial charge in [-0.1, -0.05) is 0 Å². The topological polar surface area (TPSA) is 29.9 Å². The molecule has 0 unspecified atom stereocenters. The van der Waals surface area contributed by atoms with E-state index in [2.05, 4.69) is 34.9 Å². The summed E-state index contributed by atoms with van der Waals surface area (Å²) >= 11 is 0. The van der Waals surface area contributed by atoms with Crippen LogP contribution in [0.5, 0.6) is 0 Å². The van der Waals surface area contributed by atoms with Gasteiger partial charge in [0.1, 0.15) is 5.82 Å². The van der Waals surface area contributed by atoms with Crippen LogP contribution in [0.4, 0.5) is 0 Å². The third-order valence-electron chi connectivity index (χ3n) is 2.67. The maximum absolute atomic E-state index is 4.68. The van der Waals surface area contributed by atoms with Crippen molar-refractivity contribution in [2.24, 2.45) is 0 Å². The molecular weight excluding hydrogens is 174 g/mol. The Kier molecular flexibility index (Phi) is 2.59. The summed E-state index contributed by atoms with van der Waals surface area (Å²) in [6.07, 6.45) is 4.83. The molecule has 0 saturated heterocycles. The minimum absolute atomic E-state index is 0.531. The van der Waals surface area contributed by atoms with E-state index in [9.17, 15) is 0 Å². The second-order valence-electron chi connectivity index (χ2n) is 4.40. The van der Waals surface area contributed by atoms with Crippen LogP contribution in [0.15, 0.2) is 6.20 Å². The first-order chi connectivity index (χ1) is 6.72. The second-order valence-corrected chi connectivity index (χ2v) is 4.40. The van der Waals surface area contributed by atoms with Crippen LogP contribution < -0.4 is 5.32 Å². The highest BCUT2D eigenvalue weighted by Crippen LogP contribution is 2.40. The van der Waals surface area contributed by atoms with Crippen LogP contribution in [0, 0.1) is 0 Å². The normalized spacial score (nSPS) is 16.6. The molecule has 2 rings (SSSR count). The highest BCUT2D eigenvalue weighted by molar-refractivity contribution is 5.13. The third kappa shape index (κ3) is 1.82. The Morgan fingerprint density at radius 3 is 2.79 bits per heavy atom. The summed E-state index contributed by atoms with van der Waals surface area (Å²) in [7, 11) is 1.96. The average molecular weight is 193 g/mol. The molecule has 1 heterocycles. The predicted molar refractivity (Wildman–Crippen MR) is 57.4 cm³/mol. The van der Waals surface area contributed by atoms with Crippen molar-refractivity contribution in [3.8, 4) is 0 Å². The molecule has 3 nitrogen and oxygen atoms in total. The van der Waals surface area contributed by atoms with Crippen molar-refractivity contribution in [2.45, 2.75) is 45.2 Å². The Hall–Kier alpha value is -0.830. The molecule has 0 aromatic carbocycles. The van der Waals surface area contributed by atoms with Gasteiger partial charge in [0.25, 0.3) is 0 Å². The Morgan fingerprint density at radius 1 is 1.57 bits per heavy atom. The van der Waals surface area contributed by atoms with Gasteiger partial charge in [0, 0.05) is 24.7 Å². The molecule has 1 saturated carbocycles. The Balaban J connectivity index is 2.25. The van der Waals surface area contributed by atoms with Crippen molar-refractivity contribution in [1.82, 2.24) is 14.9 Å². The van der Waals surface area contributed by atoms with Gasteiger partial charge in [-0.2, -0.15) is 0 Å². The zero-order valence-corrected chi connectivity index (χ0v) is 9.25. The van der Waals surface area contributed by atoms with Crippen molar-refractivity contribution < 1.29 is 0 Å². The van der Waals surface area contributed by atoms with Crippen molar-refractivity contribution in [1.29, 1.82) is 0 Å². The Morgan fingerprint density at radius 2 is 2.29 bits per heavy atom. The fourth-order valence-corrected chi connectivity index (χ4v) is 1.78. The molecule has 78 valence electrons. The van der Waals surface area contributed by atoms with Crippen molar-refractivity contribution in [3.63, 3.8) is 0 Å². The maximum atomic E-state index is 4.68. The van der Waals surface area contributed by atoms with E-state index in [0.717, 1.165) is 12.5 Å². The number of nitrogens with one attached hydrogen (secondary N) is 1. The zero-order chi connectivity index (χ0) is 10.1. The second kappa shape index (κ2) is 3.73. The van der Waals surface area contributed by atoms with Crippen molar-refractivity contribution in [3.05, 3.63) is 17.7 Å². The molecule has 1 aromatic heterocycles. The highest BCUT2D eigenvalue weighted by Gasteiger charge is 2.29. The number of aromatic nitrogens is 2. The minimum atomic E-state index is 0.531. The van der Waals surface area contributed by atoms with Gasteiger partial charge in [-0.25, -0.2) is 4.98 Å². The van der Waals surface area contributed by atoms with Crippen LogP contribution in [0.2, 0.25) is 0 Å². The molecule has 1 aliphatic rings. The van der Waals surface area contributed by atoms with Gasteiger partial charge in [-0.15, -0.1) is 0 Å². The van der Waals surface area contributed by atoms with Crippen molar-refractivity contribution in [2.75, 3.05) is 7.05 Å². The van der Waals surface area contributed by atoms with Gasteiger partial charge in [0.15, 0.2) is 0 Å². The lowest BCUT2D eigenvalue weighted by molar-refractivity contribution is 0.569. The lowest BCUT2D eigenvalue weighted by Gasteiger charge is -2.09.